The number of rotatable bonds is 3. The molecule has 5 rings (SSSR count). The maximum atomic E-state index is 14.9. The first-order valence-electron chi connectivity index (χ1n) is 10.9. The van der Waals surface area contributed by atoms with Gasteiger partial charge in [-0.1, -0.05) is 12.1 Å². The molecule has 2 amide bonds. The molecule has 1 aliphatic heterocycles. The van der Waals surface area contributed by atoms with Gasteiger partial charge in [0.2, 0.25) is 5.91 Å². The molecule has 0 spiro atoms. The van der Waals surface area contributed by atoms with Crippen molar-refractivity contribution in [2.75, 3.05) is 26.2 Å². The number of hydrogen-bond donors (Lipinski definition) is 1. The Labute approximate surface area is 185 Å². The molecule has 7 nitrogen and oxygen atoms in total. The fourth-order valence-corrected chi connectivity index (χ4v) is 4.55. The Morgan fingerprint density at radius 1 is 1.00 bits per heavy atom. The van der Waals surface area contributed by atoms with Gasteiger partial charge in [-0.15, -0.1) is 0 Å². The summed E-state index contributed by atoms with van der Waals surface area (Å²) in [6.45, 7) is 1.59. The summed E-state index contributed by atoms with van der Waals surface area (Å²) < 4.78 is 16.9. The summed E-state index contributed by atoms with van der Waals surface area (Å²) in [6.07, 6.45) is 4.15. The molecule has 0 radical (unpaired) electrons. The smallest absolute Gasteiger partial charge is 0.256 e. The van der Waals surface area contributed by atoms with Crippen LogP contribution >= 0.6 is 0 Å². The van der Waals surface area contributed by atoms with E-state index in [0.29, 0.717) is 31.7 Å². The molecule has 2 fully saturated rings. The fourth-order valence-electron chi connectivity index (χ4n) is 4.55. The predicted molar refractivity (Wildman–Crippen MR) is 119 cm³/mol. The van der Waals surface area contributed by atoms with Crippen molar-refractivity contribution < 1.29 is 14.0 Å². The topological polar surface area (TPSA) is 84.5 Å². The second-order valence-corrected chi connectivity index (χ2v) is 8.85. The third-order valence-corrected chi connectivity index (χ3v) is 6.78. The Balaban J connectivity index is 1.29. The molecule has 0 unspecified atom stereocenters. The van der Waals surface area contributed by atoms with Gasteiger partial charge in [-0.2, -0.15) is 0 Å². The average Bonchev–Trinajstić information content (AvgIpc) is 3.16. The summed E-state index contributed by atoms with van der Waals surface area (Å²) in [5.74, 6) is -0.939. The predicted octanol–water partition coefficient (Wildman–Crippen LogP) is 2.55. The number of benzene rings is 2. The summed E-state index contributed by atoms with van der Waals surface area (Å²) in [7, 11) is 1.92. The van der Waals surface area contributed by atoms with Crippen LogP contribution in [0, 0.1) is 5.82 Å². The number of carbonyl (C=O) groups excluding carboxylic acids is 2. The number of carbonyl (C=O) groups is 2. The van der Waals surface area contributed by atoms with Crippen LogP contribution in [0.3, 0.4) is 0 Å². The molecule has 1 saturated carbocycles. The van der Waals surface area contributed by atoms with E-state index in [1.54, 1.807) is 22.2 Å². The molecular weight excluding hydrogens is 409 g/mol. The second kappa shape index (κ2) is 7.70. The molecule has 166 valence electrons. The quantitative estimate of drug-likeness (QED) is 0.685. The zero-order valence-corrected chi connectivity index (χ0v) is 18.1. The van der Waals surface area contributed by atoms with E-state index >= 15 is 0 Å². The van der Waals surface area contributed by atoms with Crippen LogP contribution in [0.1, 0.15) is 29.6 Å². The molecule has 0 atom stereocenters. The van der Waals surface area contributed by atoms with Gasteiger partial charge in [-0.05, 0) is 54.7 Å². The summed E-state index contributed by atoms with van der Waals surface area (Å²) >= 11 is 0. The number of aryl methyl sites for hydroxylation is 1. The first-order valence-corrected chi connectivity index (χ1v) is 10.9. The summed E-state index contributed by atoms with van der Waals surface area (Å²) in [5, 5.41) is 0. The zero-order chi connectivity index (χ0) is 22.5. The Bertz CT molecular complexity index is 1210. The third-order valence-electron chi connectivity index (χ3n) is 6.78. The lowest BCUT2D eigenvalue weighted by atomic mass is 9.76. The Morgan fingerprint density at radius 2 is 1.66 bits per heavy atom. The van der Waals surface area contributed by atoms with E-state index in [2.05, 4.69) is 4.98 Å². The average molecular weight is 436 g/mol. The number of hydrogen-bond acceptors (Lipinski definition) is 4. The minimum Gasteiger partial charge on any atom is -0.338 e. The molecule has 1 aromatic heterocycles. The Kier molecular flexibility index (Phi) is 4.97. The summed E-state index contributed by atoms with van der Waals surface area (Å²) in [5.41, 5.74) is 8.82. The maximum absolute atomic E-state index is 14.9. The molecule has 3 aromatic rings. The van der Waals surface area contributed by atoms with Crippen molar-refractivity contribution in [3.05, 3.63) is 54.1 Å². The van der Waals surface area contributed by atoms with Gasteiger partial charge < -0.3 is 20.1 Å². The summed E-state index contributed by atoms with van der Waals surface area (Å²) in [4.78, 5) is 33.2. The lowest BCUT2D eigenvalue weighted by molar-refractivity contribution is -0.141. The van der Waals surface area contributed by atoms with Crippen LogP contribution in [0.5, 0.6) is 0 Å². The van der Waals surface area contributed by atoms with Crippen LogP contribution in [-0.4, -0.2) is 62.9 Å². The number of amides is 2. The highest BCUT2D eigenvalue weighted by molar-refractivity contribution is 5.95. The lowest BCUT2D eigenvalue weighted by Crippen LogP contribution is -2.62. The van der Waals surface area contributed by atoms with E-state index in [4.69, 9.17) is 5.73 Å². The standard InChI is InChI=1S/C24H26FN5O2/c1-28-15-27-20-14-17(4-6-21(20)28)16-3-5-18(19(25)13-16)22(31)29-9-11-30(12-10-29)23(32)24(26)7-2-8-24/h3-6,13-15H,2,7-12,26H2,1H3. The first kappa shape index (κ1) is 20.6. The van der Waals surface area contributed by atoms with Crippen molar-refractivity contribution >= 4 is 22.8 Å². The van der Waals surface area contributed by atoms with Crippen LogP contribution in [-0.2, 0) is 11.8 Å². The highest BCUT2D eigenvalue weighted by Crippen LogP contribution is 2.31. The number of nitrogens with zero attached hydrogens (tertiary/aromatic N) is 4. The van der Waals surface area contributed by atoms with Gasteiger partial charge in [0.1, 0.15) is 5.82 Å². The molecule has 32 heavy (non-hydrogen) atoms. The molecule has 1 saturated heterocycles. The fraction of sp³-hybridized carbons (Fsp3) is 0.375. The monoisotopic (exact) mass is 435 g/mol. The minimum absolute atomic E-state index is 0.0312. The van der Waals surface area contributed by atoms with E-state index in [1.807, 2.05) is 29.8 Å². The van der Waals surface area contributed by atoms with Crippen molar-refractivity contribution in [3.63, 3.8) is 0 Å². The van der Waals surface area contributed by atoms with E-state index in [-0.39, 0.29) is 17.4 Å². The zero-order valence-electron chi connectivity index (χ0n) is 18.1. The number of halogens is 1. The number of piperazine rings is 1. The molecule has 2 aliphatic rings. The van der Waals surface area contributed by atoms with Crippen molar-refractivity contribution in [2.45, 2.75) is 24.8 Å². The number of imidazole rings is 1. The van der Waals surface area contributed by atoms with Crippen LogP contribution in [0.25, 0.3) is 22.2 Å². The molecule has 1 aliphatic carbocycles. The van der Waals surface area contributed by atoms with Gasteiger partial charge in [0.05, 0.1) is 28.5 Å². The van der Waals surface area contributed by atoms with Crippen molar-refractivity contribution in [1.82, 2.24) is 19.4 Å². The second-order valence-electron chi connectivity index (χ2n) is 8.85. The lowest BCUT2D eigenvalue weighted by Gasteiger charge is -2.43. The van der Waals surface area contributed by atoms with Crippen LogP contribution < -0.4 is 5.73 Å². The van der Waals surface area contributed by atoms with Crippen LogP contribution in [0.2, 0.25) is 0 Å². The van der Waals surface area contributed by atoms with Crippen LogP contribution in [0.15, 0.2) is 42.7 Å². The molecule has 2 N–H and O–H groups in total. The van der Waals surface area contributed by atoms with Crippen LogP contribution in [0.4, 0.5) is 4.39 Å². The van der Waals surface area contributed by atoms with Gasteiger partial charge in [-0.3, -0.25) is 9.59 Å². The first-order chi connectivity index (χ1) is 15.4. The van der Waals surface area contributed by atoms with Gasteiger partial charge in [0.25, 0.3) is 5.91 Å². The Morgan fingerprint density at radius 3 is 2.31 bits per heavy atom. The maximum Gasteiger partial charge on any atom is 0.256 e. The van der Waals surface area contributed by atoms with Gasteiger partial charge in [0.15, 0.2) is 0 Å². The van der Waals surface area contributed by atoms with E-state index in [0.717, 1.165) is 35.9 Å². The number of fused-ring (bicyclic) bond motifs is 1. The van der Waals surface area contributed by atoms with Crippen molar-refractivity contribution in [1.29, 1.82) is 0 Å². The van der Waals surface area contributed by atoms with Crippen molar-refractivity contribution in [3.8, 4) is 11.1 Å². The number of aromatic nitrogens is 2. The molecule has 0 bridgehead atoms. The molecule has 8 heteroatoms. The molecular formula is C24H26FN5O2. The molecule has 2 heterocycles. The van der Waals surface area contributed by atoms with E-state index < -0.39 is 11.4 Å². The highest BCUT2D eigenvalue weighted by Gasteiger charge is 2.43. The van der Waals surface area contributed by atoms with E-state index in [9.17, 15) is 14.0 Å². The van der Waals surface area contributed by atoms with Crippen molar-refractivity contribution in [2.24, 2.45) is 12.8 Å². The largest absolute Gasteiger partial charge is 0.338 e. The third kappa shape index (κ3) is 3.44. The SMILES string of the molecule is Cn1cnc2cc(-c3ccc(C(=O)N4CCN(C(=O)C5(N)CCC5)CC4)c(F)c3)ccc21. The Hall–Kier alpha value is -3.26. The van der Waals surface area contributed by atoms with E-state index in [1.165, 1.54) is 12.1 Å². The van der Waals surface area contributed by atoms with Gasteiger partial charge in [0, 0.05) is 33.2 Å². The highest BCUT2D eigenvalue weighted by atomic mass is 19.1. The van der Waals surface area contributed by atoms with Gasteiger partial charge >= 0.3 is 0 Å². The molecule has 2 aromatic carbocycles. The number of nitrogens with two attached hydrogens (primary N) is 1. The normalized spacial score (nSPS) is 18.0. The summed E-state index contributed by atoms with van der Waals surface area (Å²) in [6, 6.07) is 10.5. The minimum atomic E-state index is -0.730. The van der Waals surface area contributed by atoms with Gasteiger partial charge in [-0.25, -0.2) is 9.37 Å².